The Hall–Kier alpha value is -0.960. The number of nitrogens with zero attached hydrogens (tertiary/aromatic N) is 3. The van der Waals surface area contributed by atoms with Crippen LogP contribution in [0.5, 0.6) is 0 Å². The molecule has 4 nitrogen and oxygen atoms in total. The van der Waals surface area contributed by atoms with Gasteiger partial charge in [0.15, 0.2) is 0 Å². The smallest absolute Gasteiger partial charge is 0.137 e. The van der Waals surface area contributed by atoms with E-state index in [1.54, 1.807) is 6.08 Å². The fourth-order valence-electron chi connectivity index (χ4n) is 1.50. The lowest BCUT2D eigenvalue weighted by molar-refractivity contribution is -0.00343. The quantitative estimate of drug-likeness (QED) is 0.507. The van der Waals surface area contributed by atoms with Crippen LogP contribution in [-0.2, 0) is 4.74 Å². The Labute approximate surface area is 91.4 Å². The second-order valence-corrected chi connectivity index (χ2v) is 3.45. The molecule has 1 heterocycles. The van der Waals surface area contributed by atoms with Crippen LogP contribution >= 0.6 is 0 Å². The van der Waals surface area contributed by atoms with Crippen molar-refractivity contribution in [1.82, 2.24) is 4.90 Å². The zero-order valence-electron chi connectivity index (χ0n) is 9.35. The highest BCUT2D eigenvalue weighted by Gasteiger charge is 2.20. The zero-order chi connectivity index (χ0) is 10.9. The van der Waals surface area contributed by atoms with Gasteiger partial charge in [-0.05, 0) is 6.42 Å². The summed E-state index contributed by atoms with van der Waals surface area (Å²) in [7, 11) is 0. The maximum Gasteiger partial charge on any atom is 0.137 e. The second-order valence-electron chi connectivity index (χ2n) is 3.45. The van der Waals surface area contributed by atoms with E-state index in [-0.39, 0.29) is 6.17 Å². The Morgan fingerprint density at radius 1 is 1.67 bits per heavy atom. The van der Waals surface area contributed by atoms with E-state index >= 15 is 0 Å². The molecule has 84 valence electrons. The van der Waals surface area contributed by atoms with E-state index in [0.29, 0.717) is 13.2 Å². The van der Waals surface area contributed by atoms with Crippen molar-refractivity contribution in [2.24, 2.45) is 9.98 Å². The molecule has 1 aliphatic rings. The summed E-state index contributed by atoms with van der Waals surface area (Å²) in [6.07, 6.45) is 2.95. The molecule has 0 aromatic heterocycles. The van der Waals surface area contributed by atoms with Gasteiger partial charge in [-0.2, -0.15) is 0 Å². The Bertz CT molecular complexity index is 244. The summed E-state index contributed by atoms with van der Waals surface area (Å²) in [5.41, 5.74) is 0. The molecule has 0 spiro atoms. The van der Waals surface area contributed by atoms with Crippen molar-refractivity contribution >= 4 is 6.01 Å². The van der Waals surface area contributed by atoms with Crippen molar-refractivity contribution in [2.75, 3.05) is 32.8 Å². The number of ether oxygens (including phenoxy) is 1. The molecule has 1 aliphatic heterocycles. The highest BCUT2D eigenvalue weighted by molar-refractivity contribution is 5.41. The summed E-state index contributed by atoms with van der Waals surface area (Å²) in [5.74, 6) is 0. The first-order valence-electron chi connectivity index (χ1n) is 5.42. The Kier molecular flexibility index (Phi) is 5.93. The summed E-state index contributed by atoms with van der Waals surface area (Å²) in [4.78, 5) is 10.5. The minimum atomic E-state index is 0.0901. The average molecular weight is 209 g/mol. The maximum absolute atomic E-state index is 5.38. The topological polar surface area (TPSA) is 37.2 Å². The van der Waals surface area contributed by atoms with Crippen LogP contribution in [0.15, 0.2) is 22.6 Å². The van der Waals surface area contributed by atoms with Gasteiger partial charge in [-0.25, -0.2) is 9.98 Å². The fourth-order valence-corrected chi connectivity index (χ4v) is 1.50. The highest BCUT2D eigenvalue weighted by atomic mass is 16.5. The van der Waals surface area contributed by atoms with Crippen LogP contribution in [-0.4, -0.2) is 49.9 Å². The number of hydrogen-bond donors (Lipinski definition) is 0. The van der Waals surface area contributed by atoms with Crippen LogP contribution in [0.4, 0.5) is 0 Å². The average Bonchev–Trinajstić information content (AvgIpc) is 2.27. The van der Waals surface area contributed by atoms with Gasteiger partial charge in [0.1, 0.15) is 6.17 Å². The van der Waals surface area contributed by atoms with E-state index in [1.807, 2.05) is 0 Å². The molecule has 1 rings (SSSR count). The van der Waals surface area contributed by atoms with Crippen molar-refractivity contribution in [2.45, 2.75) is 19.5 Å². The summed E-state index contributed by atoms with van der Waals surface area (Å²) in [5, 5.41) is 0. The third kappa shape index (κ3) is 4.38. The van der Waals surface area contributed by atoms with Gasteiger partial charge >= 0.3 is 0 Å². The highest BCUT2D eigenvalue weighted by Crippen LogP contribution is 2.07. The summed E-state index contributed by atoms with van der Waals surface area (Å²) in [6.45, 7) is 9.78. The van der Waals surface area contributed by atoms with Crippen LogP contribution < -0.4 is 0 Å². The normalized spacial score (nSPS) is 21.8. The van der Waals surface area contributed by atoms with E-state index in [9.17, 15) is 0 Å². The maximum atomic E-state index is 5.38. The molecule has 0 N–H and O–H groups in total. The van der Waals surface area contributed by atoms with Crippen LogP contribution in [0.3, 0.4) is 0 Å². The van der Waals surface area contributed by atoms with Gasteiger partial charge in [-0.3, -0.25) is 4.90 Å². The number of aliphatic imine (C=N–C) groups is 2. The molecule has 4 heteroatoms. The third-order valence-corrected chi connectivity index (χ3v) is 2.22. The Morgan fingerprint density at radius 3 is 3.27 bits per heavy atom. The summed E-state index contributed by atoms with van der Waals surface area (Å²) >= 11 is 0. The minimum absolute atomic E-state index is 0.0901. The number of hydrogen-bond acceptors (Lipinski definition) is 4. The van der Waals surface area contributed by atoms with E-state index in [0.717, 1.165) is 26.1 Å². The molecule has 1 unspecified atom stereocenters. The number of rotatable bonds is 5. The van der Waals surface area contributed by atoms with E-state index in [4.69, 9.17) is 4.74 Å². The SMILES string of the molecule is C=CCN=C=NC1COCCN1CCC. The van der Waals surface area contributed by atoms with Crippen molar-refractivity contribution in [3.63, 3.8) is 0 Å². The van der Waals surface area contributed by atoms with Crippen molar-refractivity contribution < 1.29 is 4.74 Å². The van der Waals surface area contributed by atoms with Crippen LogP contribution in [0.25, 0.3) is 0 Å². The zero-order valence-corrected chi connectivity index (χ0v) is 9.35. The first-order valence-corrected chi connectivity index (χ1v) is 5.42. The largest absolute Gasteiger partial charge is 0.376 e. The third-order valence-electron chi connectivity index (χ3n) is 2.22. The van der Waals surface area contributed by atoms with Gasteiger partial charge in [0.25, 0.3) is 0 Å². The van der Waals surface area contributed by atoms with Gasteiger partial charge in [0.2, 0.25) is 0 Å². The molecule has 15 heavy (non-hydrogen) atoms. The molecule has 0 radical (unpaired) electrons. The van der Waals surface area contributed by atoms with Crippen LogP contribution in [0, 0.1) is 0 Å². The first kappa shape index (κ1) is 12.1. The minimum Gasteiger partial charge on any atom is -0.376 e. The predicted octanol–water partition coefficient (Wildman–Crippen LogP) is 1.41. The summed E-state index contributed by atoms with van der Waals surface area (Å²) in [6, 6.07) is 2.70. The van der Waals surface area contributed by atoms with Crippen LogP contribution in [0.2, 0.25) is 0 Å². The van der Waals surface area contributed by atoms with Gasteiger partial charge < -0.3 is 4.74 Å². The Morgan fingerprint density at radius 2 is 2.53 bits per heavy atom. The molecule has 0 amide bonds. The monoisotopic (exact) mass is 209 g/mol. The molecule has 1 fully saturated rings. The molecular weight excluding hydrogens is 190 g/mol. The second kappa shape index (κ2) is 7.35. The Balaban J connectivity index is 2.48. The lowest BCUT2D eigenvalue weighted by atomic mass is 10.3. The fraction of sp³-hybridized carbons (Fsp3) is 0.727. The molecule has 1 atom stereocenters. The first-order chi connectivity index (χ1) is 7.38. The standard InChI is InChI=1S/C11H19N3O/c1-3-5-12-10-13-11-9-15-8-7-14(11)6-4-2/h3,11H,1,4-9H2,2H3. The molecule has 0 bridgehead atoms. The van der Waals surface area contributed by atoms with Gasteiger partial charge in [0, 0.05) is 13.1 Å². The lowest BCUT2D eigenvalue weighted by Gasteiger charge is -2.31. The van der Waals surface area contributed by atoms with Crippen molar-refractivity contribution in [3.8, 4) is 0 Å². The van der Waals surface area contributed by atoms with E-state index in [1.165, 1.54) is 0 Å². The van der Waals surface area contributed by atoms with Crippen LogP contribution in [0.1, 0.15) is 13.3 Å². The number of morpholine rings is 1. The molecule has 1 saturated heterocycles. The van der Waals surface area contributed by atoms with Gasteiger partial charge in [-0.15, -0.1) is 6.58 Å². The van der Waals surface area contributed by atoms with E-state index in [2.05, 4.69) is 34.4 Å². The molecule has 0 aliphatic carbocycles. The van der Waals surface area contributed by atoms with Gasteiger partial charge in [-0.1, -0.05) is 13.0 Å². The molecule has 0 saturated carbocycles. The molecule has 0 aromatic carbocycles. The van der Waals surface area contributed by atoms with Crippen molar-refractivity contribution in [3.05, 3.63) is 12.7 Å². The van der Waals surface area contributed by atoms with Crippen molar-refractivity contribution in [1.29, 1.82) is 0 Å². The molecule has 0 aromatic rings. The van der Waals surface area contributed by atoms with Gasteiger partial charge in [0.05, 0.1) is 25.8 Å². The lowest BCUT2D eigenvalue weighted by Crippen LogP contribution is -2.44. The van der Waals surface area contributed by atoms with E-state index < -0.39 is 0 Å². The molecular formula is C11H19N3O. The summed E-state index contributed by atoms with van der Waals surface area (Å²) < 4.78 is 5.38. The predicted molar refractivity (Wildman–Crippen MR) is 61.4 cm³/mol.